The highest BCUT2D eigenvalue weighted by molar-refractivity contribution is 5.97. The molecule has 1 heterocycles. The minimum Gasteiger partial charge on any atom is -0.341 e. The molecule has 1 atom stereocenters. The Kier molecular flexibility index (Phi) is 6.78. The molecule has 4 nitrogen and oxygen atoms in total. The van der Waals surface area contributed by atoms with E-state index in [1.165, 1.54) is 24.3 Å². The zero-order valence-corrected chi connectivity index (χ0v) is 12.6. The lowest BCUT2D eigenvalue weighted by atomic mass is 10.0. The van der Waals surface area contributed by atoms with Gasteiger partial charge in [0.2, 0.25) is 5.91 Å². The number of hydrogen-bond acceptors (Lipinski definition) is 3. The Hall–Kier alpha value is -1.46. The molecule has 1 aliphatic rings. The minimum absolute atomic E-state index is 0. The van der Waals surface area contributed by atoms with E-state index in [2.05, 4.69) is 0 Å². The molecule has 1 unspecified atom stereocenters. The molecule has 2 N–H and O–H groups in total. The summed E-state index contributed by atoms with van der Waals surface area (Å²) in [5, 5.41) is 0. The van der Waals surface area contributed by atoms with Crippen LogP contribution in [0.25, 0.3) is 0 Å². The van der Waals surface area contributed by atoms with Crippen LogP contribution in [-0.2, 0) is 4.79 Å². The van der Waals surface area contributed by atoms with Crippen LogP contribution in [0.15, 0.2) is 24.3 Å². The highest BCUT2D eigenvalue weighted by Crippen LogP contribution is 2.12. The molecule has 21 heavy (non-hydrogen) atoms. The lowest BCUT2D eigenvalue weighted by Crippen LogP contribution is -2.45. The van der Waals surface area contributed by atoms with Crippen molar-refractivity contribution < 1.29 is 14.0 Å². The fraction of sp³-hybridized carbons (Fsp3) is 0.467. The van der Waals surface area contributed by atoms with Crippen LogP contribution in [0.1, 0.15) is 36.0 Å². The van der Waals surface area contributed by atoms with Crippen molar-refractivity contribution in [2.24, 2.45) is 5.73 Å². The van der Waals surface area contributed by atoms with Gasteiger partial charge in [0.15, 0.2) is 5.78 Å². The molecule has 0 aliphatic carbocycles. The molecule has 0 bridgehead atoms. The molecule has 1 aromatic rings. The van der Waals surface area contributed by atoms with Gasteiger partial charge in [-0.05, 0) is 37.1 Å². The maximum Gasteiger partial charge on any atom is 0.223 e. The Morgan fingerprint density at radius 2 is 1.90 bits per heavy atom. The number of amides is 1. The van der Waals surface area contributed by atoms with Crippen LogP contribution < -0.4 is 5.73 Å². The van der Waals surface area contributed by atoms with Gasteiger partial charge in [-0.15, -0.1) is 12.4 Å². The summed E-state index contributed by atoms with van der Waals surface area (Å²) in [4.78, 5) is 25.6. The van der Waals surface area contributed by atoms with Gasteiger partial charge in [-0.1, -0.05) is 0 Å². The van der Waals surface area contributed by atoms with Gasteiger partial charge in [-0.3, -0.25) is 9.59 Å². The summed E-state index contributed by atoms with van der Waals surface area (Å²) >= 11 is 0. The molecule has 1 fully saturated rings. The molecule has 1 aliphatic heterocycles. The molecule has 0 saturated carbocycles. The van der Waals surface area contributed by atoms with Crippen LogP contribution in [0.5, 0.6) is 0 Å². The number of piperidine rings is 1. The fourth-order valence-corrected chi connectivity index (χ4v) is 2.40. The number of rotatable bonds is 4. The van der Waals surface area contributed by atoms with E-state index >= 15 is 0 Å². The third kappa shape index (κ3) is 5.10. The zero-order valence-electron chi connectivity index (χ0n) is 11.8. The van der Waals surface area contributed by atoms with E-state index in [0.717, 1.165) is 19.4 Å². The third-order valence-electron chi connectivity index (χ3n) is 3.54. The van der Waals surface area contributed by atoms with E-state index in [0.29, 0.717) is 12.1 Å². The first-order valence-corrected chi connectivity index (χ1v) is 6.88. The second kappa shape index (κ2) is 8.10. The predicted molar refractivity (Wildman–Crippen MR) is 81.0 cm³/mol. The van der Waals surface area contributed by atoms with Crippen molar-refractivity contribution in [3.63, 3.8) is 0 Å². The first kappa shape index (κ1) is 17.6. The van der Waals surface area contributed by atoms with Gasteiger partial charge < -0.3 is 10.6 Å². The van der Waals surface area contributed by atoms with Gasteiger partial charge >= 0.3 is 0 Å². The zero-order chi connectivity index (χ0) is 14.5. The first-order chi connectivity index (χ1) is 9.56. The average Bonchev–Trinajstić information content (AvgIpc) is 2.45. The van der Waals surface area contributed by atoms with Gasteiger partial charge in [0.05, 0.1) is 0 Å². The van der Waals surface area contributed by atoms with Crippen molar-refractivity contribution >= 4 is 24.1 Å². The van der Waals surface area contributed by atoms with Crippen molar-refractivity contribution in [3.05, 3.63) is 35.6 Å². The molecular weight excluding hydrogens is 295 g/mol. The largest absolute Gasteiger partial charge is 0.341 e. The lowest BCUT2D eigenvalue weighted by molar-refractivity contribution is -0.132. The number of Topliss-reactive ketones (excluding diaryl/α,β-unsaturated/α-hetero) is 1. The molecule has 1 saturated heterocycles. The van der Waals surface area contributed by atoms with E-state index < -0.39 is 0 Å². The summed E-state index contributed by atoms with van der Waals surface area (Å²) in [6.45, 7) is 1.29. The van der Waals surface area contributed by atoms with Crippen molar-refractivity contribution in [2.75, 3.05) is 13.1 Å². The number of carbonyl (C=O) groups is 2. The summed E-state index contributed by atoms with van der Waals surface area (Å²) in [5.74, 6) is -0.546. The van der Waals surface area contributed by atoms with E-state index in [-0.39, 0.29) is 48.8 Å². The van der Waals surface area contributed by atoms with Gasteiger partial charge in [0.25, 0.3) is 0 Å². The van der Waals surface area contributed by atoms with Gasteiger partial charge in [0.1, 0.15) is 5.82 Å². The van der Waals surface area contributed by atoms with Gasteiger partial charge in [-0.25, -0.2) is 4.39 Å². The summed E-state index contributed by atoms with van der Waals surface area (Å²) in [7, 11) is 0. The summed E-state index contributed by atoms with van der Waals surface area (Å²) < 4.78 is 12.8. The molecular formula is C15H20ClFN2O2. The Bertz CT molecular complexity index is 493. The summed E-state index contributed by atoms with van der Waals surface area (Å²) in [6.07, 6.45) is 2.19. The second-order valence-corrected chi connectivity index (χ2v) is 5.17. The Morgan fingerprint density at radius 1 is 1.24 bits per heavy atom. The Morgan fingerprint density at radius 3 is 2.52 bits per heavy atom. The third-order valence-corrected chi connectivity index (χ3v) is 3.54. The van der Waals surface area contributed by atoms with Crippen LogP contribution in [0.3, 0.4) is 0 Å². The Balaban J connectivity index is 0.00000220. The molecule has 1 aromatic carbocycles. The normalized spacial score (nSPS) is 18.0. The first-order valence-electron chi connectivity index (χ1n) is 6.88. The van der Waals surface area contributed by atoms with E-state index in [9.17, 15) is 14.0 Å². The number of halogens is 2. The average molecular weight is 315 g/mol. The molecule has 116 valence electrons. The molecule has 2 rings (SSSR count). The van der Waals surface area contributed by atoms with Crippen molar-refractivity contribution in [1.82, 2.24) is 4.90 Å². The topological polar surface area (TPSA) is 63.4 Å². The smallest absolute Gasteiger partial charge is 0.223 e. The molecule has 1 amide bonds. The summed E-state index contributed by atoms with van der Waals surface area (Å²) in [6, 6.07) is 5.43. The second-order valence-electron chi connectivity index (χ2n) is 5.17. The summed E-state index contributed by atoms with van der Waals surface area (Å²) in [5.41, 5.74) is 6.27. The Labute approximate surface area is 129 Å². The van der Waals surface area contributed by atoms with Gasteiger partial charge in [0, 0.05) is 37.5 Å². The molecule has 0 radical (unpaired) electrons. The predicted octanol–water partition coefficient (Wildman–Crippen LogP) is 2.16. The number of carbonyl (C=O) groups excluding carboxylic acids is 2. The quantitative estimate of drug-likeness (QED) is 0.866. The monoisotopic (exact) mass is 314 g/mol. The van der Waals surface area contributed by atoms with Crippen molar-refractivity contribution in [3.8, 4) is 0 Å². The number of likely N-dealkylation sites (tertiary alicyclic amines) is 1. The SMILES string of the molecule is Cl.NC1CCCN(C(=O)CCC(=O)c2ccc(F)cc2)C1. The van der Waals surface area contributed by atoms with Crippen molar-refractivity contribution in [1.29, 1.82) is 0 Å². The molecule has 0 spiro atoms. The highest BCUT2D eigenvalue weighted by Gasteiger charge is 2.21. The number of nitrogens with zero attached hydrogens (tertiary/aromatic N) is 1. The van der Waals surface area contributed by atoms with Crippen LogP contribution in [-0.4, -0.2) is 35.7 Å². The number of hydrogen-bond donors (Lipinski definition) is 1. The van der Waals surface area contributed by atoms with Crippen LogP contribution in [0.4, 0.5) is 4.39 Å². The maximum atomic E-state index is 12.8. The number of nitrogens with two attached hydrogens (primary N) is 1. The van der Waals surface area contributed by atoms with E-state index in [4.69, 9.17) is 5.73 Å². The minimum atomic E-state index is -0.375. The molecule has 0 aromatic heterocycles. The number of benzene rings is 1. The van der Waals surface area contributed by atoms with Crippen LogP contribution in [0.2, 0.25) is 0 Å². The van der Waals surface area contributed by atoms with Crippen LogP contribution in [0, 0.1) is 5.82 Å². The van der Waals surface area contributed by atoms with E-state index in [1.54, 1.807) is 4.90 Å². The van der Waals surface area contributed by atoms with Crippen molar-refractivity contribution in [2.45, 2.75) is 31.7 Å². The fourth-order valence-electron chi connectivity index (χ4n) is 2.40. The standard InChI is InChI=1S/C15H19FN2O2.ClH/c16-12-5-3-11(4-6-12)14(19)7-8-15(20)18-9-1-2-13(17)10-18;/h3-6,13H,1-2,7-10,17H2;1H. The highest BCUT2D eigenvalue weighted by atomic mass is 35.5. The number of ketones is 1. The molecule has 6 heteroatoms. The van der Waals surface area contributed by atoms with Gasteiger partial charge in [-0.2, -0.15) is 0 Å². The van der Waals surface area contributed by atoms with Crippen LogP contribution >= 0.6 is 12.4 Å². The van der Waals surface area contributed by atoms with E-state index in [1.807, 2.05) is 0 Å². The maximum absolute atomic E-state index is 12.8. The lowest BCUT2D eigenvalue weighted by Gasteiger charge is -2.30.